The van der Waals surface area contributed by atoms with E-state index in [-0.39, 0.29) is 0 Å². The largest absolute Gasteiger partial charge is 0.494 e. The van der Waals surface area contributed by atoms with Crippen LogP contribution in [0.25, 0.3) is 0 Å². The second kappa shape index (κ2) is 9.34. The maximum absolute atomic E-state index is 5.69. The smallest absolute Gasteiger partial charge is 0.119 e. The average molecular weight is 309 g/mol. The molecule has 2 atom stereocenters. The summed E-state index contributed by atoms with van der Waals surface area (Å²) in [6.07, 6.45) is 2.92. The van der Waals surface area contributed by atoms with Crippen molar-refractivity contribution < 1.29 is 9.47 Å². The van der Waals surface area contributed by atoms with Crippen molar-refractivity contribution in [3.63, 3.8) is 0 Å². The van der Waals surface area contributed by atoms with Gasteiger partial charge in [0, 0.05) is 24.2 Å². The lowest BCUT2D eigenvalue weighted by Gasteiger charge is -2.19. The topological polar surface area (TPSA) is 30.5 Å². The Balaban J connectivity index is 1.84. The summed E-state index contributed by atoms with van der Waals surface area (Å²) in [5.41, 5.74) is 1.33. The van der Waals surface area contributed by atoms with Gasteiger partial charge in [0.25, 0.3) is 0 Å². The molecule has 1 aromatic carbocycles. The Bertz CT molecular complexity index is 390. The first kappa shape index (κ1) is 16.7. The van der Waals surface area contributed by atoms with Gasteiger partial charge >= 0.3 is 0 Å². The molecule has 1 fully saturated rings. The van der Waals surface area contributed by atoms with Crippen LogP contribution < -0.4 is 10.1 Å². The van der Waals surface area contributed by atoms with Gasteiger partial charge in [-0.15, -0.1) is 0 Å². The Morgan fingerprint density at radius 3 is 2.76 bits per heavy atom. The fourth-order valence-electron chi connectivity index (χ4n) is 2.58. The van der Waals surface area contributed by atoms with Crippen LogP contribution >= 0.6 is 11.8 Å². The van der Waals surface area contributed by atoms with Gasteiger partial charge < -0.3 is 14.8 Å². The van der Waals surface area contributed by atoms with E-state index in [1.165, 1.54) is 18.4 Å². The van der Waals surface area contributed by atoms with Gasteiger partial charge in [-0.2, -0.15) is 11.8 Å². The van der Waals surface area contributed by atoms with Crippen LogP contribution in [0.1, 0.15) is 38.3 Å². The fraction of sp³-hybridized carbons (Fsp3) is 0.647. The highest BCUT2D eigenvalue weighted by atomic mass is 32.2. The van der Waals surface area contributed by atoms with Gasteiger partial charge in [-0.25, -0.2) is 0 Å². The maximum Gasteiger partial charge on any atom is 0.119 e. The number of nitrogens with one attached hydrogen (secondary N) is 1. The van der Waals surface area contributed by atoms with Crippen LogP contribution in [-0.2, 0) is 4.74 Å². The number of thioether (sulfide) groups is 1. The number of ether oxygens (including phenoxy) is 2. The Labute approximate surface area is 132 Å². The van der Waals surface area contributed by atoms with E-state index in [0.717, 1.165) is 30.4 Å². The minimum Gasteiger partial charge on any atom is -0.494 e. The number of hydrogen-bond donors (Lipinski definition) is 1. The lowest BCUT2D eigenvalue weighted by molar-refractivity contribution is 0.129. The molecule has 0 aromatic heterocycles. The van der Waals surface area contributed by atoms with E-state index in [1.54, 1.807) is 0 Å². The first-order chi connectivity index (χ1) is 10.3. The molecule has 1 heterocycles. The van der Waals surface area contributed by atoms with E-state index in [2.05, 4.69) is 36.5 Å². The molecule has 1 aromatic rings. The lowest BCUT2D eigenvalue weighted by Crippen LogP contribution is -2.23. The molecule has 0 saturated carbocycles. The van der Waals surface area contributed by atoms with Crippen LogP contribution in [0.15, 0.2) is 24.3 Å². The van der Waals surface area contributed by atoms with Crippen molar-refractivity contribution in [2.24, 2.45) is 0 Å². The maximum atomic E-state index is 5.69. The van der Waals surface area contributed by atoms with Crippen molar-refractivity contribution in [1.82, 2.24) is 5.32 Å². The van der Waals surface area contributed by atoms with E-state index in [4.69, 9.17) is 9.47 Å². The molecule has 4 heteroatoms. The van der Waals surface area contributed by atoms with Crippen molar-refractivity contribution >= 4 is 11.8 Å². The summed E-state index contributed by atoms with van der Waals surface area (Å²) in [6.45, 7) is 6.82. The minimum atomic E-state index is 0.400. The third kappa shape index (κ3) is 5.53. The van der Waals surface area contributed by atoms with Crippen LogP contribution in [-0.4, -0.2) is 37.4 Å². The van der Waals surface area contributed by atoms with Gasteiger partial charge in [0.15, 0.2) is 0 Å². The standard InChI is InChI=1S/C17H27NO2S/c1-3-18-17(13-21-12-16-6-5-11-20-16)14-7-9-15(10-8-14)19-4-2/h7-10,16-18H,3-6,11-13H2,1-2H3. The van der Waals surface area contributed by atoms with Crippen molar-refractivity contribution in [1.29, 1.82) is 0 Å². The first-order valence-corrected chi connectivity index (χ1v) is 9.14. The zero-order chi connectivity index (χ0) is 14.9. The molecule has 1 aliphatic heterocycles. The third-order valence-corrected chi connectivity index (χ3v) is 4.83. The summed E-state index contributed by atoms with van der Waals surface area (Å²) < 4.78 is 11.2. The highest BCUT2D eigenvalue weighted by Gasteiger charge is 2.17. The van der Waals surface area contributed by atoms with Crippen molar-refractivity contribution in [2.45, 2.75) is 38.8 Å². The SMILES string of the molecule is CCNC(CSCC1CCCO1)c1ccc(OCC)cc1. The van der Waals surface area contributed by atoms with E-state index >= 15 is 0 Å². The average Bonchev–Trinajstić information content (AvgIpc) is 3.01. The van der Waals surface area contributed by atoms with Gasteiger partial charge in [-0.1, -0.05) is 19.1 Å². The quantitative estimate of drug-likeness (QED) is 0.754. The van der Waals surface area contributed by atoms with Gasteiger partial charge in [-0.05, 0) is 44.0 Å². The molecule has 0 bridgehead atoms. The third-order valence-electron chi connectivity index (χ3n) is 3.66. The summed E-state index contributed by atoms with van der Waals surface area (Å²) in [6, 6.07) is 8.87. The van der Waals surface area contributed by atoms with Gasteiger partial charge in [0.2, 0.25) is 0 Å². The van der Waals surface area contributed by atoms with Crippen LogP contribution in [0.5, 0.6) is 5.75 Å². The Morgan fingerprint density at radius 2 is 2.14 bits per heavy atom. The molecule has 0 amide bonds. The number of benzene rings is 1. The normalized spacial score (nSPS) is 19.6. The Kier molecular flexibility index (Phi) is 7.41. The summed E-state index contributed by atoms with van der Waals surface area (Å²) in [5.74, 6) is 3.14. The molecule has 2 rings (SSSR count). The van der Waals surface area contributed by atoms with Crippen LogP contribution in [0.4, 0.5) is 0 Å². The summed E-state index contributed by atoms with van der Waals surface area (Å²) in [5, 5.41) is 3.57. The van der Waals surface area contributed by atoms with E-state index in [1.807, 2.05) is 18.7 Å². The molecule has 1 N–H and O–H groups in total. The molecule has 0 radical (unpaired) electrons. The molecule has 2 unspecified atom stereocenters. The highest BCUT2D eigenvalue weighted by molar-refractivity contribution is 7.99. The summed E-state index contributed by atoms with van der Waals surface area (Å²) >= 11 is 1.99. The van der Waals surface area contributed by atoms with Crippen molar-refractivity contribution in [3.8, 4) is 5.75 Å². The predicted octanol–water partition coefficient (Wildman–Crippen LogP) is 3.65. The molecule has 1 aliphatic rings. The van der Waals surface area contributed by atoms with Crippen molar-refractivity contribution in [2.75, 3.05) is 31.3 Å². The highest BCUT2D eigenvalue weighted by Crippen LogP contribution is 2.24. The van der Waals surface area contributed by atoms with E-state index < -0.39 is 0 Å². The van der Waals surface area contributed by atoms with E-state index in [0.29, 0.717) is 18.8 Å². The molecule has 1 saturated heterocycles. The van der Waals surface area contributed by atoms with Crippen LogP contribution in [0, 0.1) is 0 Å². The molecule has 0 spiro atoms. The van der Waals surface area contributed by atoms with Gasteiger partial charge in [-0.3, -0.25) is 0 Å². The van der Waals surface area contributed by atoms with Gasteiger partial charge in [0.1, 0.15) is 5.75 Å². The predicted molar refractivity (Wildman–Crippen MR) is 90.3 cm³/mol. The van der Waals surface area contributed by atoms with Crippen LogP contribution in [0.2, 0.25) is 0 Å². The van der Waals surface area contributed by atoms with Crippen molar-refractivity contribution in [3.05, 3.63) is 29.8 Å². The number of rotatable bonds is 9. The fourth-order valence-corrected chi connectivity index (χ4v) is 3.78. The van der Waals surface area contributed by atoms with E-state index in [9.17, 15) is 0 Å². The monoisotopic (exact) mass is 309 g/mol. The molecule has 21 heavy (non-hydrogen) atoms. The molecular formula is C17H27NO2S. The van der Waals surface area contributed by atoms with Crippen LogP contribution in [0.3, 0.4) is 0 Å². The summed E-state index contributed by atoms with van der Waals surface area (Å²) in [4.78, 5) is 0. The molecule has 118 valence electrons. The second-order valence-electron chi connectivity index (χ2n) is 5.28. The summed E-state index contributed by atoms with van der Waals surface area (Å²) in [7, 11) is 0. The Morgan fingerprint density at radius 1 is 1.33 bits per heavy atom. The second-order valence-corrected chi connectivity index (χ2v) is 6.36. The number of hydrogen-bond acceptors (Lipinski definition) is 4. The molecule has 3 nitrogen and oxygen atoms in total. The van der Waals surface area contributed by atoms with Gasteiger partial charge in [0.05, 0.1) is 12.7 Å². The molecular weight excluding hydrogens is 282 g/mol. The Hall–Kier alpha value is -0.710. The zero-order valence-corrected chi connectivity index (χ0v) is 14.0. The minimum absolute atomic E-state index is 0.400. The zero-order valence-electron chi connectivity index (χ0n) is 13.1. The lowest BCUT2D eigenvalue weighted by atomic mass is 10.1. The first-order valence-electron chi connectivity index (χ1n) is 7.99. The molecule has 0 aliphatic carbocycles.